The van der Waals surface area contributed by atoms with Gasteiger partial charge in [0.25, 0.3) is 0 Å². The monoisotopic (exact) mass is 311 g/mol. The first kappa shape index (κ1) is 15.3. The largest absolute Gasteiger partial charge is 0.445 e. The quantitative estimate of drug-likeness (QED) is 0.942. The molecular weight excluding hydrogens is 290 g/mol. The molecule has 2 heterocycles. The highest BCUT2D eigenvalue weighted by atomic mass is 16.6. The van der Waals surface area contributed by atoms with Gasteiger partial charge in [-0.1, -0.05) is 30.3 Å². The van der Waals surface area contributed by atoms with Crippen molar-refractivity contribution in [2.75, 3.05) is 12.3 Å². The van der Waals surface area contributed by atoms with E-state index in [9.17, 15) is 4.79 Å². The number of pyridine rings is 1. The summed E-state index contributed by atoms with van der Waals surface area (Å²) in [6.45, 7) is 3.00. The van der Waals surface area contributed by atoms with E-state index in [4.69, 9.17) is 10.5 Å². The van der Waals surface area contributed by atoms with Crippen molar-refractivity contribution in [3.63, 3.8) is 0 Å². The van der Waals surface area contributed by atoms with Gasteiger partial charge in [0.05, 0.1) is 6.04 Å². The van der Waals surface area contributed by atoms with Gasteiger partial charge in [0, 0.05) is 12.7 Å². The van der Waals surface area contributed by atoms with Crippen LogP contribution in [0, 0.1) is 6.92 Å². The zero-order valence-corrected chi connectivity index (χ0v) is 13.2. The molecule has 5 heteroatoms. The lowest BCUT2D eigenvalue weighted by Crippen LogP contribution is -2.31. The number of carbonyl (C=O) groups excluding carboxylic acids is 1. The Kier molecular flexibility index (Phi) is 4.46. The van der Waals surface area contributed by atoms with Crippen LogP contribution < -0.4 is 5.73 Å². The van der Waals surface area contributed by atoms with Crippen molar-refractivity contribution in [2.45, 2.75) is 32.4 Å². The Morgan fingerprint density at radius 3 is 2.91 bits per heavy atom. The maximum Gasteiger partial charge on any atom is 0.410 e. The fourth-order valence-electron chi connectivity index (χ4n) is 3.05. The molecule has 0 spiro atoms. The van der Waals surface area contributed by atoms with Crippen LogP contribution in [0.3, 0.4) is 0 Å². The minimum absolute atomic E-state index is 0.0198. The molecule has 1 saturated heterocycles. The molecule has 1 atom stereocenters. The Labute approximate surface area is 136 Å². The minimum Gasteiger partial charge on any atom is -0.445 e. The summed E-state index contributed by atoms with van der Waals surface area (Å²) in [5.41, 5.74) is 8.81. The van der Waals surface area contributed by atoms with Crippen LogP contribution in [-0.2, 0) is 11.3 Å². The van der Waals surface area contributed by atoms with Crippen molar-refractivity contribution in [3.05, 3.63) is 59.3 Å². The first-order chi connectivity index (χ1) is 11.1. The third-order valence-corrected chi connectivity index (χ3v) is 4.22. The number of benzene rings is 1. The van der Waals surface area contributed by atoms with Gasteiger partial charge in [-0.05, 0) is 42.5 Å². The summed E-state index contributed by atoms with van der Waals surface area (Å²) in [6.07, 6.45) is 3.40. The van der Waals surface area contributed by atoms with Crippen molar-refractivity contribution < 1.29 is 9.53 Å². The number of likely N-dealkylation sites (tertiary alicyclic amines) is 1. The van der Waals surface area contributed by atoms with Gasteiger partial charge >= 0.3 is 6.09 Å². The molecule has 1 amide bonds. The molecule has 0 unspecified atom stereocenters. The fraction of sp³-hybridized carbons (Fsp3) is 0.333. The van der Waals surface area contributed by atoms with E-state index >= 15 is 0 Å². The summed E-state index contributed by atoms with van der Waals surface area (Å²) in [5, 5.41) is 0. The van der Waals surface area contributed by atoms with Crippen LogP contribution in [-0.4, -0.2) is 22.5 Å². The van der Waals surface area contributed by atoms with Crippen LogP contribution in [0.5, 0.6) is 0 Å². The lowest BCUT2D eigenvalue weighted by atomic mass is 10.0. The molecule has 0 radical (unpaired) electrons. The Hall–Kier alpha value is -2.56. The van der Waals surface area contributed by atoms with Crippen LogP contribution in [0.25, 0.3) is 0 Å². The number of nitrogen functional groups attached to an aromatic ring is 1. The van der Waals surface area contributed by atoms with Gasteiger partial charge in [-0.15, -0.1) is 0 Å². The molecule has 1 fully saturated rings. The summed E-state index contributed by atoms with van der Waals surface area (Å²) in [7, 11) is 0. The van der Waals surface area contributed by atoms with Gasteiger partial charge in [0.15, 0.2) is 0 Å². The molecule has 1 aliphatic heterocycles. The maximum absolute atomic E-state index is 12.4. The summed E-state index contributed by atoms with van der Waals surface area (Å²) >= 11 is 0. The molecule has 1 aromatic heterocycles. The molecule has 1 aliphatic rings. The predicted octanol–water partition coefficient (Wildman–Crippen LogP) is 3.45. The number of anilines is 1. The van der Waals surface area contributed by atoms with E-state index in [2.05, 4.69) is 4.98 Å². The number of carbonyl (C=O) groups is 1. The number of amides is 1. The van der Waals surface area contributed by atoms with Gasteiger partial charge in [-0.25, -0.2) is 9.78 Å². The van der Waals surface area contributed by atoms with Gasteiger partial charge in [-0.2, -0.15) is 0 Å². The number of aryl methyl sites for hydroxylation is 1. The summed E-state index contributed by atoms with van der Waals surface area (Å²) < 4.78 is 5.47. The molecule has 0 saturated carbocycles. The zero-order valence-electron chi connectivity index (χ0n) is 13.2. The van der Waals surface area contributed by atoms with Crippen LogP contribution in [0.15, 0.2) is 42.6 Å². The normalized spacial score (nSPS) is 17.3. The van der Waals surface area contributed by atoms with E-state index < -0.39 is 0 Å². The predicted molar refractivity (Wildman–Crippen MR) is 88.7 cm³/mol. The first-order valence-electron chi connectivity index (χ1n) is 7.84. The molecule has 3 rings (SSSR count). The topological polar surface area (TPSA) is 68.5 Å². The molecular formula is C18H21N3O2. The summed E-state index contributed by atoms with van der Waals surface area (Å²) in [5.74, 6) is 0.502. The van der Waals surface area contributed by atoms with Crippen LogP contribution in [0.2, 0.25) is 0 Å². The van der Waals surface area contributed by atoms with Crippen LogP contribution >= 0.6 is 0 Å². The highest BCUT2D eigenvalue weighted by molar-refractivity contribution is 5.69. The molecule has 2 N–H and O–H groups in total. The SMILES string of the molecule is Cc1cc(N)ncc1[C@H]1CCCN1C(=O)OCc1ccccc1. The van der Waals surface area contributed by atoms with Crippen molar-refractivity contribution in [1.29, 1.82) is 0 Å². The molecule has 23 heavy (non-hydrogen) atoms. The van der Waals surface area contributed by atoms with E-state index in [0.717, 1.165) is 29.5 Å². The second-order valence-electron chi connectivity index (χ2n) is 5.86. The second kappa shape index (κ2) is 6.69. The number of rotatable bonds is 3. The third-order valence-electron chi connectivity index (χ3n) is 4.22. The number of hydrogen-bond donors (Lipinski definition) is 1. The van der Waals surface area contributed by atoms with Gasteiger partial charge < -0.3 is 15.4 Å². The molecule has 5 nitrogen and oxygen atoms in total. The van der Waals surface area contributed by atoms with Crippen molar-refractivity contribution in [2.24, 2.45) is 0 Å². The molecule has 0 aliphatic carbocycles. The average Bonchev–Trinajstić information content (AvgIpc) is 3.03. The Morgan fingerprint density at radius 1 is 1.39 bits per heavy atom. The van der Waals surface area contributed by atoms with Gasteiger partial charge in [0.1, 0.15) is 12.4 Å². The number of hydrogen-bond acceptors (Lipinski definition) is 4. The van der Waals surface area contributed by atoms with Crippen LogP contribution in [0.4, 0.5) is 10.6 Å². The third kappa shape index (κ3) is 3.44. The molecule has 2 aromatic rings. The van der Waals surface area contributed by atoms with Crippen molar-refractivity contribution >= 4 is 11.9 Å². The number of nitrogens with two attached hydrogens (primary N) is 1. The van der Waals surface area contributed by atoms with E-state index in [1.807, 2.05) is 43.3 Å². The Balaban J connectivity index is 1.69. The number of ether oxygens (including phenoxy) is 1. The standard InChI is InChI=1S/C18H21N3O2/c1-13-10-17(19)20-11-15(13)16-8-5-9-21(16)18(22)23-12-14-6-3-2-4-7-14/h2-4,6-7,10-11,16H,5,8-9,12H2,1H3,(H2,19,20)/t16-/m1/s1. The van der Waals surface area contributed by atoms with Gasteiger partial charge in [0.2, 0.25) is 0 Å². The van der Waals surface area contributed by atoms with E-state index in [-0.39, 0.29) is 12.1 Å². The first-order valence-corrected chi connectivity index (χ1v) is 7.84. The van der Waals surface area contributed by atoms with E-state index in [1.54, 1.807) is 11.1 Å². The zero-order chi connectivity index (χ0) is 16.2. The van der Waals surface area contributed by atoms with Gasteiger partial charge in [-0.3, -0.25) is 0 Å². The maximum atomic E-state index is 12.4. The molecule has 120 valence electrons. The Morgan fingerprint density at radius 2 is 2.17 bits per heavy atom. The van der Waals surface area contributed by atoms with Crippen LogP contribution in [0.1, 0.15) is 35.6 Å². The van der Waals surface area contributed by atoms with E-state index in [1.165, 1.54) is 0 Å². The average molecular weight is 311 g/mol. The lowest BCUT2D eigenvalue weighted by Gasteiger charge is -2.25. The van der Waals surface area contributed by atoms with Crippen molar-refractivity contribution in [3.8, 4) is 0 Å². The van der Waals surface area contributed by atoms with Crippen molar-refractivity contribution in [1.82, 2.24) is 9.88 Å². The number of aromatic nitrogens is 1. The summed E-state index contributed by atoms with van der Waals surface area (Å²) in [4.78, 5) is 18.4. The smallest absolute Gasteiger partial charge is 0.410 e. The molecule has 1 aromatic carbocycles. The van der Waals surface area contributed by atoms with E-state index in [0.29, 0.717) is 19.0 Å². The Bertz CT molecular complexity index is 688. The highest BCUT2D eigenvalue weighted by Crippen LogP contribution is 2.34. The fourth-order valence-corrected chi connectivity index (χ4v) is 3.05. The second-order valence-corrected chi connectivity index (χ2v) is 5.86. The lowest BCUT2D eigenvalue weighted by molar-refractivity contribution is 0.0919. The number of nitrogens with zero attached hydrogens (tertiary/aromatic N) is 2. The minimum atomic E-state index is -0.271. The molecule has 0 bridgehead atoms. The summed E-state index contributed by atoms with van der Waals surface area (Å²) in [6, 6.07) is 11.6. The highest BCUT2D eigenvalue weighted by Gasteiger charge is 2.32.